The maximum absolute atomic E-state index is 12.8. The zero-order valence-corrected chi connectivity index (χ0v) is 16.4. The van der Waals surface area contributed by atoms with Crippen molar-refractivity contribution in [1.82, 2.24) is 14.5 Å². The molecule has 3 heterocycles. The van der Waals surface area contributed by atoms with Gasteiger partial charge < -0.3 is 19.5 Å². The molecule has 8 heteroatoms. The molecule has 0 unspecified atom stereocenters. The summed E-state index contributed by atoms with van der Waals surface area (Å²) in [6.45, 7) is 2.76. The van der Waals surface area contributed by atoms with Crippen LogP contribution < -0.4 is 10.2 Å². The number of imidazole rings is 1. The van der Waals surface area contributed by atoms with Gasteiger partial charge in [0.2, 0.25) is 0 Å². The molecule has 144 valence electrons. The first kappa shape index (κ1) is 18.5. The van der Waals surface area contributed by atoms with Crippen molar-refractivity contribution in [2.45, 2.75) is 10.1 Å². The van der Waals surface area contributed by atoms with Crippen molar-refractivity contribution < 1.29 is 9.53 Å². The van der Waals surface area contributed by atoms with E-state index < -0.39 is 0 Å². The number of hydrogen-bond acceptors (Lipinski definition) is 6. The van der Waals surface area contributed by atoms with E-state index in [0.29, 0.717) is 24.6 Å². The number of ether oxygens (including phenoxy) is 1. The number of aryl methyl sites for hydroxylation is 1. The van der Waals surface area contributed by atoms with Crippen LogP contribution in [0.25, 0.3) is 0 Å². The normalized spacial score (nSPS) is 14.1. The number of morpholine rings is 1. The van der Waals surface area contributed by atoms with Gasteiger partial charge >= 0.3 is 0 Å². The van der Waals surface area contributed by atoms with Gasteiger partial charge in [0.15, 0.2) is 5.16 Å². The quantitative estimate of drug-likeness (QED) is 0.716. The SMILES string of the molecule is Cn1ccnc1Sc1ccc(NC(=O)c2cccnc2N2CCOCC2)cc1. The van der Waals surface area contributed by atoms with E-state index in [-0.39, 0.29) is 5.91 Å². The number of amides is 1. The first-order chi connectivity index (χ1) is 13.7. The Morgan fingerprint density at radius 1 is 1.11 bits per heavy atom. The van der Waals surface area contributed by atoms with Crippen LogP contribution >= 0.6 is 11.8 Å². The predicted octanol–water partition coefficient (Wildman–Crippen LogP) is 3.06. The summed E-state index contributed by atoms with van der Waals surface area (Å²) in [7, 11) is 1.96. The lowest BCUT2D eigenvalue weighted by Crippen LogP contribution is -2.38. The molecule has 0 atom stereocenters. The van der Waals surface area contributed by atoms with Crippen molar-refractivity contribution in [3.63, 3.8) is 0 Å². The van der Waals surface area contributed by atoms with Crippen molar-refractivity contribution in [3.8, 4) is 0 Å². The van der Waals surface area contributed by atoms with Crippen LogP contribution in [0.1, 0.15) is 10.4 Å². The molecule has 0 aliphatic carbocycles. The fourth-order valence-electron chi connectivity index (χ4n) is 2.96. The number of nitrogens with one attached hydrogen (secondary N) is 1. The molecule has 1 aromatic carbocycles. The highest BCUT2D eigenvalue weighted by Crippen LogP contribution is 2.27. The lowest BCUT2D eigenvalue weighted by Gasteiger charge is -2.29. The van der Waals surface area contributed by atoms with Gasteiger partial charge in [-0.1, -0.05) is 11.8 Å². The average molecular weight is 395 g/mol. The minimum atomic E-state index is -0.168. The predicted molar refractivity (Wildman–Crippen MR) is 109 cm³/mol. The monoisotopic (exact) mass is 395 g/mol. The first-order valence-electron chi connectivity index (χ1n) is 9.05. The van der Waals surface area contributed by atoms with Crippen LogP contribution in [0, 0.1) is 0 Å². The molecule has 1 aliphatic rings. The summed E-state index contributed by atoms with van der Waals surface area (Å²) < 4.78 is 7.36. The Bertz CT molecular complexity index is 951. The van der Waals surface area contributed by atoms with E-state index in [0.717, 1.165) is 28.8 Å². The summed E-state index contributed by atoms with van der Waals surface area (Å²) in [4.78, 5) is 24.7. The first-order valence-corrected chi connectivity index (χ1v) is 9.86. The van der Waals surface area contributed by atoms with Crippen LogP contribution in [0.15, 0.2) is 65.0 Å². The Kier molecular flexibility index (Phi) is 5.59. The fraction of sp³-hybridized carbons (Fsp3) is 0.250. The molecule has 1 fully saturated rings. The Morgan fingerprint density at radius 3 is 2.61 bits per heavy atom. The van der Waals surface area contributed by atoms with Crippen LogP contribution in [-0.2, 0) is 11.8 Å². The number of rotatable bonds is 5. The third-order valence-corrected chi connectivity index (χ3v) is 5.52. The molecule has 0 spiro atoms. The summed E-state index contributed by atoms with van der Waals surface area (Å²) in [5, 5.41) is 3.89. The topological polar surface area (TPSA) is 72.3 Å². The van der Waals surface area contributed by atoms with E-state index in [1.165, 1.54) is 0 Å². The minimum Gasteiger partial charge on any atom is -0.378 e. The zero-order chi connectivity index (χ0) is 19.3. The van der Waals surface area contributed by atoms with E-state index in [2.05, 4.69) is 20.2 Å². The van der Waals surface area contributed by atoms with Gasteiger partial charge in [-0.3, -0.25) is 4.79 Å². The second-order valence-electron chi connectivity index (χ2n) is 6.38. The molecular formula is C20H21N5O2S. The average Bonchev–Trinajstić information content (AvgIpc) is 3.14. The number of carbonyl (C=O) groups excluding carboxylic acids is 1. The second kappa shape index (κ2) is 8.45. The highest BCUT2D eigenvalue weighted by atomic mass is 32.2. The maximum Gasteiger partial charge on any atom is 0.259 e. The Hall–Kier alpha value is -2.84. The molecule has 1 aliphatic heterocycles. The smallest absolute Gasteiger partial charge is 0.259 e. The summed E-state index contributed by atoms with van der Waals surface area (Å²) in [6, 6.07) is 11.3. The molecule has 0 radical (unpaired) electrons. The van der Waals surface area contributed by atoms with Gasteiger partial charge in [-0.15, -0.1) is 0 Å². The second-order valence-corrected chi connectivity index (χ2v) is 7.42. The van der Waals surface area contributed by atoms with Crippen molar-refractivity contribution in [3.05, 3.63) is 60.6 Å². The molecule has 3 aromatic rings. The summed E-state index contributed by atoms with van der Waals surface area (Å²) in [5.41, 5.74) is 1.31. The van der Waals surface area contributed by atoms with Gasteiger partial charge in [0.25, 0.3) is 5.91 Å². The third kappa shape index (κ3) is 4.18. The molecular weight excluding hydrogens is 374 g/mol. The van der Waals surface area contributed by atoms with Gasteiger partial charge in [-0.05, 0) is 36.4 Å². The van der Waals surface area contributed by atoms with Gasteiger partial charge in [0.1, 0.15) is 5.82 Å². The van der Waals surface area contributed by atoms with E-state index in [1.807, 2.05) is 42.1 Å². The number of benzene rings is 1. The fourth-order valence-corrected chi connectivity index (χ4v) is 3.76. The number of aromatic nitrogens is 3. The highest BCUT2D eigenvalue weighted by Gasteiger charge is 2.20. The molecule has 4 rings (SSSR count). The zero-order valence-electron chi connectivity index (χ0n) is 15.5. The van der Waals surface area contributed by atoms with E-state index >= 15 is 0 Å². The van der Waals surface area contributed by atoms with E-state index in [1.54, 1.807) is 36.3 Å². The Labute approximate surface area is 167 Å². The Balaban J connectivity index is 1.46. The van der Waals surface area contributed by atoms with Crippen molar-refractivity contribution in [1.29, 1.82) is 0 Å². The summed E-state index contributed by atoms with van der Waals surface area (Å²) in [6.07, 6.45) is 5.40. The van der Waals surface area contributed by atoms with Crippen LogP contribution in [0.4, 0.5) is 11.5 Å². The number of anilines is 2. The lowest BCUT2D eigenvalue weighted by molar-refractivity contribution is 0.102. The largest absolute Gasteiger partial charge is 0.378 e. The van der Waals surface area contributed by atoms with Crippen LogP contribution in [0.5, 0.6) is 0 Å². The minimum absolute atomic E-state index is 0.168. The van der Waals surface area contributed by atoms with Crippen LogP contribution in [-0.4, -0.2) is 46.7 Å². The number of carbonyl (C=O) groups is 1. The van der Waals surface area contributed by atoms with Gasteiger partial charge in [0, 0.05) is 49.3 Å². The molecule has 7 nitrogen and oxygen atoms in total. The molecule has 28 heavy (non-hydrogen) atoms. The van der Waals surface area contributed by atoms with Crippen molar-refractivity contribution >= 4 is 29.2 Å². The highest BCUT2D eigenvalue weighted by molar-refractivity contribution is 7.99. The molecule has 1 amide bonds. The molecule has 0 saturated carbocycles. The number of pyridine rings is 1. The standard InChI is InChI=1S/C20H21N5O2S/c1-24-10-9-22-20(24)28-16-6-4-15(5-7-16)23-19(26)17-3-2-8-21-18(17)25-11-13-27-14-12-25/h2-10H,11-14H2,1H3,(H,23,26). The third-order valence-electron chi connectivity index (χ3n) is 4.44. The number of hydrogen-bond donors (Lipinski definition) is 1. The Morgan fingerprint density at radius 2 is 1.89 bits per heavy atom. The van der Waals surface area contributed by atoms with E-state index in [9.17, 15) is 4.79 Å². The van der Waals surface area contributed by atoms with Gasteiger partial charge in [-0.25, -0.2) is 9.97 Å². The summed E-state index contributed by atoms with van der Waals surface area (Å²) in [5.74, 6) is 0.532. The van der Waals surface area contributed by atoms with Crippen LogP contribution in [0.2, 0.25) is 0 Å². The molecule has 2 aromatic heterocycles. The molecule has 1 saturated heterocycles. The van der Waals surface area contributed by atoms with Crippen LogP contribution in [0.3, 0.4) is 0 Å². The van der Waals surface area contributed by atoms with Gasteiger partial charge in [-0.2, -0.15) is 0 Å². The van der Waals surface area contributed by atoms with E-state index in [4.69, 9.17) is 4.74 Å². The number of nitrogens with zero attached hydrogens (tertiary/aromatic N) is 4. The molecule has 1 N–H and O–H groups in total. The lowest BCUT2D eigenvalue weighted by atomic mass is 10.2. The van der Waals surface area contributed by atoms with Gasteiger partial charge in [0.05, 0.1) is 18.8 Å². The molecule has 0 bridgehead atoms. The van der Waals surface area contributed by atoms with Crippen molar-refractivity contribution in [2.24, 2.45) is 7.05 Å². The van der Waals surface area contributed by atoms with Crippen molar-refractivity contribution in [2.75, 3.05) is 36.5 Å². The summed E-state index contributed by atoms with van der Waals surface area (Å²) >= 11 is 1.58. The maximum atomic E-state index is 12.8.